The van der Waals surface area contributed by atoms with Crippen molar-refractivity contribution in [3.63, 3.8) is 0 Å². The van der Waals surface area contributed by atoms with Crippen molar-refractivity contribution in [2.45, 2.75) is 29.6 Å². The lowest BCUT2D eigenvalue weighted by Gasteiger charge is -2.28. The fourth-order valence-electron chi connectivity index (χ4n) is 3.96. The number of methoxy groups -OCH3 is 3. The Balaban J connectivity index is 0.00000432. The molecule has 1 heterocycles. The fourth-order valence-corrected chi connectivity index (χ4v) is 5.25. The van der Waals surface area contributed by atoms with Gasteiger partial charge in [-0.3, -0.25) is 9.59 Å². The highest BCUT2D eigenvalue weighted by Gasteiger charge is 2.41. The minimum Gasteiger partial charge on any atom is -0.493 e. The van der Waals surface area contributed by atoms with E-state index in [-0.39, 0.29) is 18.3 Å². The first-order chi connectivity index (χ1) is 16.3. The summed E-state index contributed by atoms with van der Waals surface area (Å²) in [6, 6.07) is 11.4. The fraction of sp³-hybridized carbons (Fsp3) is 0.440. The van der Waals surface area contributed by atoms with Crippen molar-refractivity contribution in [3.05, 3.63) is 42.0 Å². The van der Waals surface area contributed by atoms with Gasteiger partial charge in [0.2, 0.25) is 5.75 Å². The summed E-state index contributed by atoms with van der Waals surface area (Å²) in [5, 5.41) is -0.523. The number of thioether (sulfide) groups is 1. The Kier molecular flexibility index (Phi) is 10.5. The summed E-state index contributed by atoms with van der Waals surface area (Å²) >= 11 is 1.48. The summed E-state index contributed by atoms with van der Waals surface area (Å²) in [5.41, 5.74) is 1.53. The Morgan fingerprint density at radius 2 is 1.69 bits per heavy atom. The molecule has 0 fully saturated rings. The van der Waals surface area contributed by atoms with Gasteiger partial charge >= 0.3 is 5.97 Å². The molecule has 10 heteroatoms. The number of para-hydroxylation sites is 1. The van der Waals surface area contributed by atoms with Gasteiger partial charge in [-0.15, -0.1) is 24.2 Å². The third kappa shape index (κ3) is 6.54. The van der Waals surface area contributed by atoms with Gasteiger partial charge in [-0.2, -0.15) is 0 Å². The smallest absolute Gasteiger partial charge is 0.303 e. The Bertz CT molecular complexity index is 1010. The van der Waals surface area contributed by atoms with Gasteiger partial charge in [0.25, 0.3) is 5.91 Å². The van der Waals surface area contributed by atoms with Gasteiger partial charge in [0.15, 0.2) is 17.6 Å². The number of amides is 1. The molecule has 0 N–H and O–H groups in total. The Morgan fingerprint density at radius 1 is 1.06 bits per heavy atom. The average Bonchev–Trinajstić information content (AvgIpc) is 2.93. The largest absolute Gasteiger partial charge is 0.493 e. The Hall–Kier alpha value is -2.62. The lowest BCUT2D eigenvalue weighted by molar-refractivity contribution is -0.152. The van der Waals surface area contributed by atoms with Crippen LogP contribution in [0.2, 0.25) is 0 Å². The van der Waals surface area contributed by atoms with Gasteiger partial charge in [-0.25, -0.2) is 0 Å². The highest BCUT2D eigenvalue weighted by Crippen LogP contribution is 2.49. The van der Waals surface area contributed by atoms with Crippen LogP contribution < -0.4 is 19.1 Å². The van der Waals surface area contributed by atoms with E-state index in [2.05, 4.69) is 4.90 Å². The summed E-state index contributed by atoms with van der Waals surface area (Å²) in [7, 11) is 8.61. The summed E-state index contributed by atoms with van der Waals surface area (Å²) in [5.74, 6) is 0.605. The number of nitrogens with zero attached hydrogens (tertiary/aromatic N) is 2. The number of carbonyl (C=O) groups excluding carboxylic acids is 2. The zero-order valence-electron chi connectivity index (χ0n) is 20.9. The van der Waals surface area contributed by atoms with Gasteiger partial charge in [0, 0.05) is 18.4 Å². The first-order valence-corrected chi connectivity index (χ1v) is 11.9. The van der Waals surface area contributed by atoms with Gasteiger partial charge in [0.05, 0.1) is 32.3 Å². The number of rotatable bonds is 9. The number of hydrogen-bond acceptors (Lipinski definition) is 8. The van der Waals surface area contributed by atoms with Gasteiger partial charge < -0.3 is 28.7 Å². The number of ether oxygens (including phenoxy) is 4. The van der Waals surface area contributed by atoms with E-state index in [9.17, 15) is 9.59 Å². The number of benzene rings is 2. The van der Waals surface area contributed by atoms with Crippen molar-refractivity contribution in [2.75, 3.05) is 53.4 Å². The molecule has 1 aliphatic heterocycles. The SMILES string of the molecule is COc1cc(C2Sc3ccccc3N(CCCN(C)C)C(=O)C2OC(C)=O)cc(OC)c1OC.Cl. The molecular formula is C25H33ClN2O6S. The number of fused-ring (bicyclic) bond motifs is 1. The standard InChI is InChI=1S/C25H32N2O6S.ClH/c1-16(28)33-23-24(17-14-19(30-4)22(32-6)20(15-17)31-5)34-21-11-8-7-10-18(21)27(25(23)29)13-9-12-26(2)3;/h7-8,10-11,14-15,23-24H,9,12-13H2,1-6H3;1H. The number of hydrogen-bond donors (Lipinski definition) is 0. The number of halogens is 1. The topological polar surface area (TPSA) is 77.5 Å². The van der Waals surface area contributed by atoms with E-state index in [4.69, 9.17) is 18.9 Å². The third-order valence-corrected chi connectivity index (χ3v) is 6.86. The zero-order chi connectivity index (χ0) is 24.8. The third-order valence-electron chi connectivity index (χ3n) is 5.49. The maximum absolute atomic E-state index is 13.9. The van der Waals surface area contributed by atoms with Crippen LogP contribution >= 0.6 is 24.2 Å². The number of esters is 1. The second-order valence-electron chi connectivity index (χ2n) is 8.14. The molecule has 3 rings (SSSR count). The van der Waals surface area contributed by atoms with E-state index in [0.717, 1.165) is 29.1 Å². The van der Waals surface area contributed by atoms with E-state index in [1.807, 2.05) is 38.4 Å². The lowest BCUT2D eigenvalue weighted by Crippen LogP contribution is -2.43. The molecule has 0 spiro atoms. The Labute approximate surface area is 217 Å². The molecule has 1 aliphatic rings. The van der Waals surface area contributed by atoms with E-state index in [1.54, 1.807) is 17.0 Å². The van der Waals surface area contributed by atoms with Crippen molar-refractivity contribution in [1.29, 1.82) is 0 Å². The molecule has 2 atom stereocenters. The summed E-state index contributed by atoms with van der Waals surface area (Å²) in [6.07, 6.45) is -0.253. The first-order valence-electron chi connectivity index (χ1n) is 11.0. The van der Waals surface area contributed by atoms with Crippen LogP contribution in [0, 0.1) is 0 Å². The molecule has 0 saturated carbocycles. The summed E-state index contributed by atoms with van der Waals surface area (Å²) in [4.78, 5) is 30.7. The molecule has 0 aromatic heterocycles. The maximum atomic E-state index is 13.9. The molecule has 8 nitrogen and oxygen atoms in total. The molecule has 2 unspecified atom stereocenters. The molecule has 2 aromatic carbocycles. The molecule has 35 heavy (non-hydrogen) atoms. The van der Waals surface area contributed by atoms with E-state index < -0.39 is 17.3 Å². The minimum atomic E-state index is -1.03. The normalized spacial score (nSPS) is 17.2. The molecule has 0 bridgehead atoms. The van der Waals surface area contributed by atoms with Crippen LogP contribution in [0.15, 0.2) is 41.3 Å². The van der Waals surface area contributed by atoms with Crippen molar-refractivity contribution in [3.8, 4) is 17.2 Å². The average molecular weight is 525 g/mol. The van der Waals surface area contributed by atoms with Crippen molar-refractivity contribution in [1.82, 2.24) is 4.90 Å². The minimum absolute atomic E-state index is 0. The van der Waals surface area contributed by atoms with Gasteiger partial charge in [0.1, 0.15) is 0 Å². The zero-order valence-corrected chi connectivity index (χ0v) is 22.5. The van der Waals surface area contributed by atoms with Crippen molar-refractivity contribution >= 4 is 41.7 Å². The Morgan fingerprint density at radius 3 is 2.23 bits per heavy atom. The molecule has 2 aromatic rings. The monoisotopic (exact) mass is 524 g/mol. The quantitative estimate of drug-likeness (QED) is 0.452. The van der Waals surface area contributed by atoms with Crippen LogP contribution in [0.1, 0.15) is 24.2 Å². The van der Waals surface area contributed by atoms with Crippen LogP contribution in [0.3, 0.4) is 0 Å². The van der Waals surface area contributed by atoms with Gasteiger partial charge in [-0.05, 0) is 56.9 Å². The highest BCUT2D eigenvalue weighted by molar-refractivity contribution is 7.99. The molecule has 0 saturated heterocycles. The van der Waals surface area contributed by atoms with E-state index in [1.165, 1.54) is 40.0 Å². The number of carbonyl (C=O) groups is 2. The molecule has 0 aliphatic carbocycles. The lowest BCUT2D eigenvalue weighted by atomic mass is 10.0. The van der Waals surface area contributed by atoms with Crippen molar-refractivity contribution < 1.29 is 28.5 Å². The second-order valence-corrected chi connectivity index (χ2v) is 9.32. The highest BCUT2D eigenvalue weighted by atomic mass is 35.5. The molecular weight excluding hydrogens is 492 g/mol. The van der Waals surface area contributed by atoms with Crippen LogP contribution in [0.25, 0.3) is 0 Å². The van der Waals surface area contributed by atoms with Crippen LogP contribution in [0.4, 0.5) is 5.69 Å². The molecule has 192 valence electrons. The number of anilines is 1. The van der Waals surface area contributed by atoms with Crippen LogP contribution in [0.5, 0.6) is 17.2 Å². The first kappa shape index (κ1) is 28.6. The molecule has 1 amide bonds. The second kappa shape index (κ2) is 12.9. The van der Waals surface area contributed by atoms with Crippen molar-refractivity contribution in [2.24, 2.45) is 0 Å². The predicted molar refractivity (Wildman–Crippen MR) is 139 cm³/mol. The van der Waals surface area contributed by atoms with Crippen LogP contribution in [-0.2, 0) is 14.3 Å². The van der Waals surface area contributed by atoms with Crippen LogP contribution in [-0.4, -0.2) is 71.4 Å². The van der Waals surface area contributed by atoms with Gasteiger partial charge in [-0.1, -0.05) is 12.1 Å². The van der Waals surface area contributed by atoms with E-state index >= 15 is 0 Å². The summed E-state index contributed by atoms with van der Waals surface area (Å²) in [6.45, 7) is 2.65. The predicted octanol–water partition coefficient (Wildman–Crippen LogP) is 4.20. The summed E-state index contributed by atoms with van der Waals surface area (Å²) < 4.78 is 22.2. The maximum Gasteiger partial charge on any atom is 0.303 e. The van der Waals surface area contributed by atoms with E-state index in [0.29, 0.717) is 23.8 Å². The molecule has 0 radical (unpaired) electrons.